The highest BCUT2D eigenvalue weighted by molar-refractivity contribution is 5.85. The lowest BCUT2D eigenvalue weighted by Crippen LogP contribution is -2.61. The molecule has 1 aliphatic rings. The van der Waals surface area contributed by atoms with Crippen molar-refractivity contribution in [2.24, 2.45) is 0 Å². The number of ether oxygens (including phenoxy) is 1. The Morgan fingerprint density at radius 2 is 1.81 bits per heavy atom. The fourth-order valence-corrected chi connectivity index (χ4v) is 3.18. The molecular weight excluding hydrogens is 332 g/mol. The van der Waals surface area contributed by atoms with Crippen molar-refractivity contribution in [3.63, 3.8) is 0 Å². The summed E-state index contributed by atoms with van der Waals surface area (Å²) in [5.74, 6) is -0.893. The van der Waals surface area contributed by atoms with Crippen molar-refractivity contribution in [1.29, 1.82) is 0 Å². The maximum Gasteiger partial charge on any atom is 0.407 e. The number of likely N-dealkylation sites (tertiary alicyclic amines) is 1. The number of aliphatic carboxylic acids is 1. The number of nitrogens with zero attached hydrogens (tertiary/aromatic N) is 1. The van der Waals surface area contributed by atoms with Crippen molar-refractivity contribution in [2.75, 3.05) is 13.1 Å². The standard InChI is InChI=1S/C20H24N2O4/c1-20(2,3)26-19(25)21-16-11-22(12-16)17(18(23)24)15-9-8-13-6-4-5-7-14(13)10-15/h4-10,16-17H,11-12H2,1-3H3,(H,21,25)(H,23,24). The van der Waals surface area contributed by atoms with Crippen LogP contribution in [0.1, 0.15) is 32.4 Å². The molecule has 26 heavy (non-hydrogen) atoms. The summed E-state index contributed by atoms with van der Waals surface area (Å²) in [6.45, 7) is 6.37. The van der Waals surface area contributed by atoms with Gasteiger partial charge in [0.05, 0.1) is 6.04 Å². The first-order valence-corrected chi connectivity index (χ1v) is 8.68. The van der Waals surface area contributed by atoms with Crippen LogP contribution in [0.15, 0.2) is 42.5 Å². The molecule has 0 aliphatic carbocycles. The normalized spacial score (nSPS) is 16.7. The molecule has 1 amide bonds. The Balaban J connectivity index is 1.66. The van der Waals surface area contributed by atoms with Crippen molar-refractivity contribution in [3.05, 3.63) is 48.0 Å². The SMILES string of the molecule is CC(C)(C)OC(=O)NC1CN(C(C(=O)O)c2ccc3ccccc3c2)C1. The van der Waals surface area contributed by atoms with Crippen molar-refractivity contribution >= 4 is 22.8 Å². The molecule has 2 N–H and O–H groups in total. The minimum atomic E-state index is -0.893. The fourth-order valence-electron chi connectivity index (χ4n) is 3.18. The highest BCUT2D eigenvalue weighted by Crippen LogP contribution is 2.29. The monoisotopic (exact) mass is 356 g/mol. The van der Waals surface area contributed by atoms with E-state index in [9.17, 15) is 14.7 Å². The van der Waals surface area contributed by atoms with Gasteiger partial charge in [-0.2, -0.15) is 0 Å². The average Bonchev–Trinajstić information content (AvgIpc) is 2.50. The first kappa shape index (κ1) is 18.2. The zero-order valence-corrected chi connectivity index (χ0v) is 15.2. The Morgan fingerprint density at radius 3 is 2.42 bits per heavy atom. The maximum atomic E-state index is 11.8. The first-order chi connectivity index (χ1) is 12.2. The van der Waals surface area contributed by atoms with E-state index in [4.69, 9.17) is 4.74 Å². The summed E-state index contributed by atoms with van der Waals surface area (Å²) in [5.41, 5.74) is 0.189. The molecular formula is C20H24N2O4. The molecule has 3 rings (SSSR count). The number of fused-ring (bicyclic) bond motifs is 1. The van der Waals surface area contributed by atoms with Gasteiger partial charge in [0.2, 0.25) is 0 Å². The van der Waals surface area contributed by atoms with Gasteiger partial charge in [0.25, 0.3) is 0 Å². The number of hydrogen-bond donors (Lipinski definition) is 2. The molecule has 0 bridgehead atoms. The van der Waals surface area contributed by atoms with Crippen LogP contribution in [0.3, 0.4) is 0 Å². The zero-order valence-electron chi connectivity index (χ0n) is 15.2. The number of nitrogens with one attached hydrogen (secondary N) is 1. The summed E-state index contributed by atoms with van der Waals surface area (Å²) in [4.78, 5) is 25.5. The van der Waals surface area contributed by atoms with Crippen LogP contribution in [-0.2, 0) is 9.53 Å². The molecule has 2 aromatic rings. The molecule has 1 atom stereocenters. The van der Waals surface area contributed by atoms with Gasteiger partial charge in [0.1, 0.15) is 11.6 Å². The van der Waals surface area contributed by atoms with Crippen molar-refractivity contribution in [3.8, 4) is 0 Å². The van der Waals surface area contributed by atoms with Gasteiger partial charge in [-0.25, -0.2) is 4.79 Å². The minimum absolute atomic E-state index is 0.104. The second-order valence-corrected chi connectivity index (χ2v) is 7.64. The molecule has 6 heteroatoms. The summed E-state index contributed by atoms with van der Waals surface area (Å²) in [6, 6.07) is 12.8. The molecule has 1 saturated heterocycles. The number of carboxylic acids is 1. The van der Waals surface area contributed by atoms with Crippen LogP contribution >= 0.6 is 0 Å². The third kappa shape index (κ3) is 4.14. The predicted octanol–water partition coefficient (Wildman–Crippen LogP) is 3.17. The lowest BCUT2D eigenvalue weighted by atomic mass is 9.97. The average molecular weight is 356 g/mol. The summed E-state index contributed by atoms with van der Waals surface area (Å²) in [5, 5.41) is 14.6. The van der Waals surface area contributed by atoms with E-state index in [0.717, 1.165) is 16.3 Å². The molecule has 0 saturated carbocycles. The largest absolute Gasteiger partial charge is 0.480 e. The van der Waals surface area contributed by atoms with Crippen LogP contribution < -0.4 is 5.32 Å². The van der Waals surface area contributed by atoms with E-state index in [0.29, 0.717) is 13.1 Å². The van der Waals surface area contributed by atoms with Gasteiger partial charge in [0.15, 0.2) is 0 Å². The molecule has 0 aromatic heterocycles. The second-order valence-electron chi connectivity index (χ2n) is 7.64. The van der Waals surface area contributed by atoms with Crippen LogP contribution in [0, 0.1) is 0 Å². The lowest BCUT2D eigenvalue weighted by molar-refractivity contribution is -0.145. The number of benzene rings is 2. The molecule has 2 aromatic carbocycles. The third-order valence-electron chi connectivity index (χ3n) is 4.32. The highest BCUT2D eigenvalue weighted by Gasteiger charge is 2.38. The van der Waals surface area contributed by atoms with E-state index in [1.165, 1.54) is 0 Å². The van der Waals surface area contributed by atoms with Crippen LogP contribution in [0.5, 0.6) is 0 Å². The quantitative estimate of drug-likeness (QED) is 0.880. The first-order valence-electron chi connectivity index (χ1n) is 8.68. The van der Waals surface area contributed by atoms with Crippen LogP contribution in [0.25, 0.3) is 10.8 Å². The van der Waals surface area contributed by atoms with Gasteiger partial charge in [-0.05, 0) is 43.2 Å². The van der Waals surface area contributed by atoms with Gasteiger partial charge in [-0.15, -0.1) is 0 Å². The van der Waals surface area contributed by atoms with E-state index >= 15 is 0 Å². The molecule has 138 valence electrons. The Bertz CT molecular complexity index is 822. The van der Waals surface area contributed by atoms with E-state index in [2.05, 4.69) is 5.32 Å². The Morgan fingerprint density at radius 1 is 1.15 bits per heavy atom. The summed E-state index contributed by atoms with van der Waals surface area (Å²) < 4.78 is 5.24. The molecule has 1 fully saturated rings. The number of amides is 1. The molecule has 1 unspecified atom stereocenters. The van der Waals surface area contributed by atoms with E-state index in [1.54, 1.807) is 20.8 Å². The molecule has 0 spiro atoms. The van der Waals surface area contributed by atoms with Gasteiger partial charge in [-0.3, -0.25) is 9.69 Å². The van der Waals surface area contributed by atoms with Crippen molar-refractivity contribution < 1.29 is 19.4 Å². The predicted molar refractivity (Wildman–Crippen MR) is 99.1 cm³/mol. The number of carbonyl (C=O) groups excluding carboxylic acids is 1. The number of hydrogen-bond acceptors (Lipinski definition) is 4. The maximum absolute atomic E-state index is 11.8. The summed E-state index contributed by atoms with van der Waals surface area (Å²) >= 11 is 0. The highest BCUT2D eigenvalue weighted by atomic mass is 16.6. The Labute approximate surface area is 152 Å². The van der Waals surface area contributed by atoms with Gasteiger partial charge < -0.3 is 15.2 Å². The summed E-state index contributed by atoms with van der Waals surface area (Å²) in [7, 11) is 0. The van der Waals surface area contributed by atoms with Crippen LogP contribution in [0.4, 0.5) is 4.79 Å². The van der Waals surface area contributed by atoms with E-state index in [-0.39, 0.29) is 6.04 Å². The van der Waals surface area contributed by atoms with Crippen LogP contribution in [-0.4, -0.2) is 46.8 Å². The molecule has 6 nitrogen and oxygen atoms in total. The Hall–Kier alpha value is -2.60. The van der Waals surface area contributed by atoms with Gasteiger partial charge in [-0.1, -0.05) is 36.4 Å². The van der Waals surface area contributed by atoms with Crippen molar-refractivity contribution in [2.45, 2.75) is 38.5 Å². The van der Waals surface area contributed by atoms with E-state index in [1.807, 2.05) is 47.4 Å². The van der Waals surface area contributed by atoms with Crippen LogP contribution in [0.2, 0.25) is 0 Å². The molecule has 0 radical (unpaired) electrons. The Kier molecular flexibility index (Phi) is 4.87. The number of alkyl carbamates (subject to hydrolysis) is 1. The molecule has 1 heterocycles. The second kappa shape index (κ2) is 6.96. The topological polar surface area (TPSA) is 78.9 Å². The van der Waals surface area contributed by atoms with Crippen molar-refractivity contribution in [1.82, 2.24) is 10.2 Å². The van der Waals surface area contributed by atoms with E-state index < -0.39 is 23.7 Å². The smallest absolute Gasteiger partial charge is 0.407 e. The van der Waals surface area contributed by atoms with Gasteiger partial charge >= 0.3 is 12.1 Å². The number of carboxylic acid groups (broad SMARTS) is 1. The summed E-state index contributed by atoms with van der Waals surface area (Å²) in [6.07, 6.45) is -0.472. The third-order valence-corrected chi connectivity index (χ3v) is 4.32. The van der Waals surface area contributed by atoms with Gasteiger partial charge in [0, 0.05) is 13.1 Å². The zero-order chi connectivity index (χ0) is 18.9. The number of rotatable bonds is 4. The minimum Gasteiger partial charge on any atom is -0.480 e. The number of carbonyl (C=O) groups is 2. The fraction of sp³-hybridized carbons (Fsp3) is 0.400. The lowest BCUT2D eigenvalue weighted by Gasteiger charge is -2.43. The molecule has 1 aliphatic heterocycles.